The third-order valence-electron chi connectivity index (χ3n) is 3.23. The highest BCUT2D eigenvalue weighted by Crippen LogP contribution is 2.21. The molecule has 0 aliphatic carbocycles. The van der Waals surface area contributed by atoms with Gasteiger partial charge in [0.1, 0.15) is 5.75 Å². The predicted octanol–water partition coefficient (Wildman–Crippen LogP) is 3.49. The van der Waals surface area contributed by atoms with Gasteiger partial charge in [-0.3, -0.25) is 4.98 Å². The van der Waals surface area contributed by atoms with E-state index in [-0.39, 0.29) is 11.8 Å². The molecule has 1 heterocycles. The molecule has 2 rings (SSSR count). The van der Waals surface area contributed by atoms with E-state index in [1.54, 1.807) is 12.1 Å². The van der Waals surface area contributed by atoms with Crippen LogP contribution >= 0.6 is 0 Å². The number of nitrogens with two attached hydrogens (primary N) is 1. The largest absolute Gasteiger partial charge is 0.435 e. The van der Waals surface area contributed by atoms with Crippen molar-refractivity contribution in [1.29, 1.82) is 0 Å². The Labute approximate surface area is 122 Å². The van der Waals surface area contributed by atoms with Crippen molar-refractivity contribution in [2.24, 2.45) is 5.73 Å². The number of rotatable bonds is 6. The molecule has 1 atom stereocenters. The highest BCUT2D eigenvalue weighted by molar-refractivity contribution is 5.31. The number of ether oxygens (including phenoxy) is 1. The molecule has 0 aliphatic rings. The molecule has 2 N–H and O–H groups in total. The molecule has 0 radical (unpaired) electrons. The maximum atomic E-state index is 12.2. The first-order chi connectivity index (χ1) is 10.1. The van der Waals surface area contributed by atoms with Crippen LogP contribution in [0.15, 0.2) is 42.6 Å². The number of aromatic nitrogens is 1. The quantitative estimate of drug-likeness (QED) is 0.886. The van der Waals surface area contributed by atoms with E-state index in [0.717, 1.165) is 17.7 Å². The molecule has 2 aromatic rings. The van der Waals surface area contributed by atoms with Gasteiger partial charge in [-0.25, -0.2) is 0 Å². The molecule has 3 nitrogen and oxygen atoms in total. The second-order valence-electron chi connectivity index (χ2n) is 4.77. The molecule has 1 unspecified atom stereocenters. The zero-order valence-corrected chi connectivity index (χ0v) is 11.8. The van der Waals surface area contributed by atoms with E-state index in [0.29, 0.717) is 6.42 Å². The van der Waals surface area contributed by atoms with Gasteiger partial charge in [-0.15, -0.1) is 0 Å². The predicted molar refractivity (Wildman–Crippen MR) is 77.3 cm³/mol. The van der Waals surface area contributed by atoms with Gasteiger partial charge in [0, 0.05) is 24.4 Å². The summed E-state index contributed by atoms with van der Waals surface area (Å²) >= 11 is 0. The second-order valence-corrected chi connectivity index (χ2v) is 4.77. The summed E-state index contributed by atoms with van der Waals surface area (Å²) in [4.78, 5) is 4.35. The molecule has 1 aromatic carbocycles. The van der Waals surface area contributed by atoms with Crippen molar-refractivity contribution in [3.8, 4) is 5.75 Å². The lowest BCUT2D eigenvalue weighted by atomic mass is 10.0. The fraction of sp³-hybridized carbons (Fsp3) is 0.312. The minimum atomic E-state index is -2.83. The summed E-state index contributed by atoms with van der Waals surface area (Å²) in [6, 6.07) is 10.1. The number of halogens is 2. The Morgan fingerprint density at radius 2 is 2.05 bits per heavy atom. The van der Waals surface area contributed by atoms with Crippen molar-refractivity contribution in [1.82, 2.24) is 4.98 Å². The van der Waals surface area contributed by atoms with Crippen LogP contribution in [0, 0.1) is 0 Å². The van der Waals surface area contributed by atoms with Gasteiger partial charge < -0.3 is 10.5 Å². The van der Waals surface area contributed by atoms with E-state index in [1.807, 2.05) is 18.3 Å². The summed E-state index contributed by atoms with van der Waals surface area (Å²) in [6.45, 7) is -0.767. The van der Waals surface area contributed by atoms with Crippen LogP contribution in [-0.4, -0.2) is 11.6 Å². The molecular formula is C16H18F2N2O. The van der Waals surface area contributed by atoms with Crippen LogP contribution in [-0.2, 0) is 12.8 Å². The van der Waals surface area contributed by atoms with Gasteiger partial charge in [0.05, 0.1) is 0 Å². The average Bonchev–Trinajstić information content (AvgIpc) is 2.47. The van der Waals surface area contributed by atoms with Gasteiger partial charge in [-0.2, -0.15) is 8.78 Å². The van der Waals surface area contributed by atoms with Crippen LogP contribution in [0.5, 0.6) is 5.75 Å². The molecule has 5 heteroatoms. The lowest BCUT2D eigenvalue weighted by Crippen LogP contribution is -2.14. The van der Waals surface area contributed by atoms with Crippen molar-refractivity contribution in [3.05, 3.63) is 59.4 Å². The standard InChI is InChI=1S/C16H18F2N2O/c1-2-11-6-7-13(20-10-11)9-15(19)12-4-3-5-14(8-12)21-16(17)18/h3-8,10,15-16H,2,9,19H2,1H3. The Hall–Kier alpha value is -2.01. The molecule has 0 amide bonds. The van der Waals surface area contributed by atoms with Crippen molar-refractivity contribution in [3.63, 3.8) is 0 Å². The van der Waals surface area contributed by atoms with Crippen molar-refractivity contribution < 1.29 is 13.5 Å². The Morgan fingerprint density at radius 1 is 1.24 bits per heavy atom. The Kier molecular flexibility index (Phi) is 5.22. The molecule has 0 saturated carbocycles. The molecule has 0 bridgehead atoms. The monoisotopic (exact) mass is 292 g/mol. The minimum absolute atomic E-state index is 0.118. The topological polar surface area (TPSA) is 48.1 Å². The summed E-state index contributed by atoms with van der Waals surface area (Å²) in [5.74, 6) is 0.118. The van der Waals surface area contributed by atoms with Crippen LogP contribution in [0.2, 0.25) is 0 Å². The number of benzene rings is 1. The third kappa shape index (κ3) is 4.49. The first-order valence-electron chi connectivity index (χ1n) is 6.82. The van der Waals surface area contributed by atoms with Gasteiger partial charge in [0.15, 0.2) is 0 Å². The van der Waals surface area contributed by atoms with Crippen molar-refractivity contribution in [2.45, 2.75) is 32.4 Å². The number of aryl methyl sites for hydroxylation is 1. The minimum Gasteiger partial charge on any atom is -0.435 e. The zero-order valence-electron chi connectivity index (χ0n) is 11.8. The summed E-state index contributed by atoms with van der Waals surface area (Å²) < 4.78 is 28.8. The maximum absolute atomic E-state index is 12.2. The first kappa shape index (κ1) is 15.4. The van der Waals surface area contributed by atoms with E-state index < -0.39 is 6.61 Å². The van der Waals surface area contributed by atoms with Gasteiger partial charge in [0.2, 0.25) is 0 Å². The SMILES string of the molecule is CCc1ccc(CC(N)c2cccc(OC(F)F)c2)nc1. The molecule has 112 valence electrons. The fourth-order valence-electron chi connectivity index (χ4n) is 2.05. The van der Waals surface area contributed by atoms with E-state index >= 15 is 0 Å². The summed E-state index contributed by atoms with van der Waals surface area (Å²) in [6.07, 6.45) is 3.31. The van der Waals surface area contributed by atoms with E-state index in [4.69, 9.17) is 5.73 Å². The lowest BCUT2D eigenvalue weighted by molar-refractivity contribution is -0.0499. The Morgan fingerprint density at radius 3 is 2.67 bits per heavy atom. The maximum Gasteiger partial charge on any atom is 0.387 e. The van der Waals surface area contributed by atoms with E-state index in [1.165, 1.54) is 17.7 Å². The Balaban J connectivity index is 2.06. The van der Waals surface area contributed by atoms with Crippen LogP contribution in [0.3, 0.4) is 0 Å². The number of alkyl halides is 2. The van der Waals surface area contributed by atoms with Gasteiger partial charge >= 0.3 is 6.61 Å². The van der Waals surface area contributed by atoms with Crippen molar-refractivity contribution in [2.75, 3.05) is 0 Å². The highest BCUT2D eigenvalue weighted by atomic mass is 19.3. The van der Waals surface area contributed by atoms with Gasteiger partial charge in [0.25, 0.3) is 0 Å². The molecule has 0 spiro atoms. The normalized spacial score (nSPS) is 12.4. The second kappa shape index (κ2) is 7.13. The van der Waals surface area contributed by atoms with Crippen LogP contribution < -0.4 is 10.5 Å². The number of pyridine rings is 1. The fourth-order valence-corrected chi connectivity index (χ4v) is 2.05. The highest BCUT2D eigenvalue weighted by Gasteiger charge is 2.11. The lowest BCUT2D eigenvalue weighted by Gasteiger charge is -2.13. The number of hydrogen-bond acceptors (Lipinski definition) is 3. The summed E-state index contributed by atoms with van der Waals surface area (Å²) in [5.41, 5.74) is 8.90. The molecule has 21 heavy (non-hydrogen) atoms. The molecule has 1 aromatic heterocycles. The van der Waals surface area contributed by atoms with Crippen LogP contribution in [0.1, 0.15) is 29.8 Å². The summed E-state index contributed by atoms with van der Waals surface area (Å²) in [7, 11) is 0. The third-order valence-corrected chi connectivity index (χ3v) is 3.23. The first-order valence-corrected chi connectivity index (χ1v) is 6.82. The number of hydrogen-bond donors (Lipinski definition) is 1. The van der Waals surface area contributed by atoms with E-state index in [9.17, 15) is 8.78 Å². The molecular weight excluding hydrogens is 274 g/mol. The summed E-state index contributed by atoms with van der Waals surface area (Å²) in [5, 5.41) is 0. The smallest absolute Gasteiger partial charge is 0.387 e. The number of nitrogens with zero attached hydrogens (tertiary/aromatic N) is 1. The Bertz CT molecular complexity index is 573. The average molecular weight is 292 g/mol. The molecule has 0 aliphatic heterocycles. The van der Waals surface area contributed by atoms with Crippen LogP contribution in [0.4, 0.5) is 8.78 Å². The van der Waals surface area contributed by atoms with Gasteiger partial charge in [-0.05, 0) is 35.7 Å². The van der Waals surface area contributed by atoms with Crippen molar-refractivity contribution >= 4 is 0 Å². The van der Waals surface area contributed by atoms with Gasteiger partial charge in [-0.1, -0.05) is 25.1 Å². The van der Waals surface area contributed by atoms with Crippen LogP contribution in [0.25, 0.3) is 0 Å². The molecule has 0 saturated heterocycles. The zero-order chi connectivity index (χ0) is 15.2. The van der Waals surface area contributed by atoms with E-state index in [2.05, 4.69) is 16.6 Å². The molecule has 0 fully saturated rings.